The van der Waals surface area contributed by atoms with Crippen LogP contribution in [0.3, 0.4) is 0 Å². The predicted octanol–water partition coefficient (Wildman–Crippen LogP) is 19.4. The molecule has 2 unspecified atom stereocenters. The largest absolute Gasteiger partial charge is 0.472 e. The van der Waals surface area contributed by atoms with E-state index in [0.717, 1.165) is 95.8 Å². The maximum Gasteiger partial charge on any atom is 0.472 e. The van der Waals surface area contributed by atoms with E-state index in [2.05, 4.69) is 34.6 Å². The molecule has 0 aromatic carbocycles. The highest BCUT2D eigenvalue weighted by atomic mass is 31.2. The minimum absolute atomic E-state index is 0.106. The van der Waals surface area contributed by atoms with E-state index < -0.39 is 97.5 Å². The summed E-state index contributed by atoms with van der Waals surface area (Å²) in [4.78, 5) is 72.3. The molecule has 0 bridgehead atoms. The molecule has 0 aliphatic heterocycles. The van der Waals surface area contributed by atoms with Crippen LogP contribution in [0.5, 0.6) is 0 Å². The molecule has 87 heavy (non-hydrogen) atoms. The minimum atomic E-state index is -4.95. The van der Waals surface area contributed by atoms with Crippen LogP contribution in [0.4, 0.5) is 0 Å². The van der Waals surface area contributed by atoms with Crippen molar-refractivity contribution in [2.45, 2.75) is 368 Å². The van der Waals surface area contributed by atoms with Crippen LogP contribution in [0.15, 0.2) is 0 Å². The summed E-state index contributed by atoms with van der Waals surface area (Å²) in [7, 11) is -9.89. The SMILES string of the molecule is CCCCCCCCCCCCCCCCCCC(=O)O[C@H](COC(=O)CCCCCCCCCCCCC(C)C)COP(=O)(O)OC[C@@H](O)COP(=O)(O)OC[C@@H](COC(=O)CCCCCCCCCCC)OC(=O)CCCCCCCCCCC. The zero-order chi connectivity index (χ0) is 64.2. The molecule has 0 radical (unpaired) electrons. The molecular weight excluding hydrogens is 1150 g/mol. The highest BCUT2D eigenvalue weighted by Crippen LogP contribution is 2.45. The molecule has 0 aromatic rings. The van der Waals surface area contributed by atoms with Crippen molar-refractivity contribution < 1.29 is 80.2 Å². The first kappa shape index (κ1) is 85.1. The van der Waals surface area contributed by atoms with Gasteiger partial charge in [0, 0.05) is 25.7 Å². The van der Waals surface area contributed by atoms with Crippen LogP contribution < -0.4 is 0 Å². The Labute approximate surface area is 530 Å². The zero-order valence-corrected chi connectivity index (χ0v) is 57.9. The van der Waals surface area contributed by atoms with Gasteiger partial charge in [0.2, 0.25) is 0 Å². The van der Waals surface area contributed by atoms with Crippen LogP contribution >= 0.6 is 15.6 Å². The number of hydrogen-bond donors (Lipinski definition) is 3. The molecule has 0 heterocycles. The van der Waals surface area contributed by atoms with Crippen LogP contribution in [-0.2, 0) is 65.4 Å². The fraction of sp³-hybridized carbons (Fsp3) is 0.941. The number of hydrogen-bond acceptors (Lipinski definition) is 15. The monoisotopic (exact) mass is 1280 g/mol. The molecule has 0 aromatic heterocycles. The normalized spacial score (nSPS) is 14.1. The van der Waals surface area contributed by atoms with Crippen molar-refractivity contribution in [2.24, 2.45) is 5.92 Å². The number of ether oxygens (including phenoxy) is 4. The fourth-order valence-corrected chi connectivity index (χ4v) is 11.9. The van der Waals surface area contributed by atoms with Gasteiger partial charge in [0.05, 0.1) is 26.4 Å². The summed E-state index contributed by atoms with van der Waals surface area (Å²) in [6, 6.07) is 0. The average molecular weight is 1280 g/mol. The molecule has 19 heteroatoms. The number of esters is 4. The zero-order valence-electron chi connectivity index (χ0n) is 56.2. The van der Waals surface area contributed by atoms with Gasteiger partial charge in [-0.05, 0) is 31.6 Å². The first-order valence-electron chi connectivity index (χ1n) is 35.6. The maximum absolute atomic E-state index is 13.0. The molecule has 17 nitrogen and oxygen atoms in total. The van der Waals surface area contributed by atoms with Gasteiger partial charge in [-0.2, -0.15) is 0 Å². The molecule has 0 spiro atoms. The summed E-state index contributed by atoms with van der Waals surface area (Å²) in [6.45, 7) is 7.20. The van der Waals surface area contributed by atoms with Gasteiger partial charge in [-0.3, -0.25) is 37.3 Å². The topological polar surface area (TPSA) is 237 Å². The number of unbranched alkanes of at least 4 members (excludes halogenated alkanes) is 40. The Kier molecular flexibility index (Phi) is 60.2. The van der Waals surface area contributed by atoms with Gasteiger partial charge in [-0.15, -0.1) is 0 Å². The Bertz CT molecular complexity index is 1690. The lowest BCUT2D eigenvalue weighted by atomic mass is 10.0. The summed E-state index contributed by atoms with van der Waals surface area (Å²) in [5, 5.41) is 10.6. The second kappa shape index (κ2) is 61.6. The van der Waals surface area contributed by atoms with Gasteiger partial charge in [-0.25, -0.2) is 9.13 Å². The van der Waals surface area contributed by atoms with Gasteiger partial charge in [0.15, 0.2) is 12.2 Å². The maximum atomic E-state index is 13.0. The Morgan fingerprint density at radius 2 is 0.529 bits per heavy atom. The number of aliphatic hydroxyl groups is 1. The fourth-order valence-electron chi connectivity index (χ4n) is 10.3. The van der Waals surface area contributed by atoms with Crippen LogP contribution in [0.1, 0.15) is 349 Å². The Hall–Kier alpha value is -1.94. The Morgan fingerprint density at radius 1 is 0.310 bits per heavy atom. The lowest BCUT2D eigenvalue weighted by Gasteiger charge is -2.21. The molecule has 0 aliphatic rings. The second-order valence-electron chi connectivity index (χ2n) is 25.0. The Balaban J connectivity index is 5.21. The van der Waals surface area contributed by atoms with Gasteiger partial charge in [-0.1, -0.05) is 298 Å². The first-order valence-corrected chi connectivity index (χ1v) is 38.6. The van der Waals surface area contributed by atoms with Gasteiger partial charge < -0.3 is 33.8 Å². The lowest BCUT2D eigenvalue weighted by molar-refractivity contribution is -0.161. The first-order chi connectivity index (χ1) is 42.0. The van der Waals surface area contributed by atoms with E-state index in [1.165, 1.54) is 173 Å². The summed E-state index contributed by atoms with van der Waals surface area (Å²) >= 11 is 0. The quantitative estimate of drug-likeness (QED) is 0.0222. The van der Waals surface area contributed by atoms with E-state index in [1.807, 2.05) is 0 Å². The van der Waals surface area contributed by atoms with Crippen molar-refractivity contribution in [1.82, 2.24) is 0 Å². The second-order valence-corrected chi connectivity index (χ2v) is 27.9. The third kappa shape index (κ3) is 62.6. The van der Waals surface area contributed by atoms with Crippen LogP contribution in [0.25, 0.3) is 0 Å². The molecular formula is C68H132O17P2. The molecule has 516 valence electrons. The number of rotatable bonds is 68. The minimum Gasteiger partial charge on any atom is -0.462 e. The summed E-state index contributed by atoms with van der Waals surface area (Å²) in [5.74, 6) is -1.37. The molecule has 0 amide bonds. The third-order valence-electron chi connectivity index (χ3n) is 15.8. The van der Waals surface area contributed by atoms with E-state index in [4.69, 9.17) is 37.0 Å². The van der Waals surface area contributed by atoms with Gasteiger partial charge in [0.25, 0.3) is 0 Å². The molecule has 3 N–H and O–H groups in total. The average Bonchev–Trinajstić information content (AvgIpc) is 3.68. The molecule has 0 saturated heterocycles. The summed E-state index contributed by atoms with van der Waals surface area (Å²) in [6.07, 6.45) is 47.2. The number of carbonyl (C=O) groups is 4. The number of phosphoric ester groups is 2. The summed E-state index contributed by atoms with van der Waals surface area (Å²) < 4.78 is 68.1. The van der Waals surface area contributed by atoms with Crippen LogP contribution in [0.2, 0.25) is 0 Å². The molecule has 0 aliphatic carbocycles. The highest BCUT2D eigenvalue weighted by Gasteiger charge is 2.30. The molecule has 5 atom stereocenters. The van der Waals surface area contributed by atoms with E-state index in [9.17, 15) is 43.2 Å². The van der Waals surface area contributed by atoms with E-state index >= 15 is 0 Å². The molecule has 0 rings (SSSR count). The van der Waals surface area contributed by atoms with Crippen LogP contribution in [0, 0.1) is 5.92 Å². The van der Waals surface area contributed by atoms with Crippen molar-refractivity contribution in [2.75, 3.05) is 39.6 Å². The van der Waals surface area contributed by atoms with E-state index in [-0.39, 0.29) is 25.7 Å². The van der Waals surface area contributed by atoms with E-state index in [1.54, 1.807) is 0 Å². The number of aliphatic hydroxyl groups excluding tert-OH is 1. The molecule has 0 fully saturated rings. The highest BCUT2D eigenvalue weighted by molar-refractivity contribution is 7.47. The standard InChI is InChI=1S/C68H132O17P2/c1-6-9-12-15-18-21-22-23-24-25-26-27-34-39-44-49-54-68(73)85-64(58-79-66(71)52-47-42-37-33-29-28-32-35-40-45-50-61(4)5)60-83-87(76,77)81-56-62(69)55-80-86(74,75)82-59-63(84-67(72)53-48-43-38-31-20-17-14-11-8-3)57-78-65(70)51-46-41-36-30-19-16-13-10-7-2/h61-64,69H,6-60H2,1-5H3,(H,74,75)(H,76,77)/t62-,63+,64+/m0/s1. The lowest BCUT2D eigenvalue weighted by Crippen LogP contribution is -2.30. The van der Waals surface area contributed by atoms with Crippen molar-refractivity contribution >= 4 is 39.5 Å². The number of carbonyl (C=O) groups excluding carboxylic acids is 4. The van der Waals surface area contributed by atoms with Gasteiger partial charge >= 0.3 is 39.5 Å². The third-order valence-corrected chi connectivity index (χ3v) is 17.7. The van der Waals surface area contributed by atoms with Crippen molar-refractivity contribution in [3.63, 3.8) is 0 Å². The summed E-state index contributed by atoms with van der Waals surface area (Å²) in [5.41, 5.74) is 0. The van der Waals surface area contributed by atoms with Gasteiger partial charge in [0.1, 0.15) is 19.3 Å². The van der Waals surface area contributed by atoms with Crippen LogP contribution in [-0.4, -0.2) is 96.7 Å². The van der Waals surface area contributed by atoms with Crippen molar-refractivity contribution in [3.8, 4) is 0 Å². The van der Waals surface area contributed by atoms with Crippen molar-refractivity contribution in [1.29, 1.82) is 0 Å². The predicted molar refractivity (Wildman–Crippen MR) is 349 cm³/mol. The molecule has 0 saturated carbocycles. The smallest absolute Gasteiger partial charge is 0.462 e. The number of phosphoric acid groups is 2. The van der Waals surface area contributed by atoms with E-state index in [0.29, 0.717) is 25.7 Å². The Morgan fingerprint density at radius 3 is 0.782 bits per heavy atom. The van der Waals surface area contributed by atoms with Crippen molar-refractivity contribution in [3.05, 3.63) is 0 Å².